The van der Waals surface area contributed by atoms with Crippen molar-refractivity contribution >= 4 is 102 Å². The molecule has 0 aliphatic carbocycles. The maximum atomic E-state index is 2.42. The van der Waals surface area contributed by atoms with Crippen molar-refractivity contribution < 1.29 is 0 Å². The van der Waals surface area contributed by atoms with Crippen molar-refractivity contribution in [2.24, 2.45) is 0 Å². The Kier molecular flexibility index (Phi) is 5.98. The summed E-state index contributed by atoms with van der Waals surface area (Å²) in [5.41, 5.74) is 5.97. The summed E-state index contributed by atoms with van der Waals surface area (Å²) in [7, 11) is 0. The molecule has 0 N–H and O–H groups in total. The van der Waals surface area contributed by atoms with Crippen LogP contribution in [0.5, 0.6) is 0 Å². The predicted molar refractivity (Wildman–Crippen MR) is 207 cm³/mol. The summed E-state index contributed by atoms with van der Waals surface area (Å²) < 4.78 is 5.38. The minimum atomic E-state index is 1.14. The lowest BCUT2D eigenvalue weighted by Gasteiger charge is -2.26. The minimum Gasteiger partial charge on any atom is -0.309 e. The molecule has 220 valence electrons. The normalized spacial score (nSPS) is 11.8. The maximum absolute atomic E-state index is 2.42. The van der Waals surface area contributed by atoms with Gasteiger partial charge in [-0.3, -0.25) is 0 Å². The minimum absolute atomic E-state index is 1.14. The van der Waals surface area contributed by atoms with Gasteiger partial charge < -0.3 is 4.90 Å². The first kappa shape index (κ1) is 26.7. The molecule has 10 rings (SSSR count). The number of hydrogen-bond donors (Lipinski definition) is 0. The Bertz CT molecular complexity index is 2780. The van der Waals surface area contributed by atoms with E-state index >= 15 is 0 Å². The average Bonchev–Trinajstić information content (AvgIpc) is 3.72. The number of benzene rings is 8. The van der Waals surface area contributed by atoms with Gasteiger partial charge in [0.05, 0.1) is 10.4 Å². The molecule has 10 aromatic rings. The van der Waals surface area contributed by atoms with E-state index in [1.54, 1.807) is 0 Å². The summed E-state index contributed by atoms with van der Waals surface area (Å²) in [6.07, 6.45) is 0. The zero-order valence-electron chi connectivity index (χ0n) is 25.4. The topological polar surface area (TPSA) is 3.24 Å². The summed E-state index contributed by atoms with van der Waals surface area (Å²) >= 11 is 3.84. The lowest BCUT2D eigenvalue weighted by molar-refractivity contribution is 1.30. The van der Waals surface area contributed by atoms with E-state index in [1.165, 1.54) is 78.7 Å². The third kappa shape index (κ3) is 4.14. The van der Waals surface area contributed by atoms with Crippen LogP contribution in [0.2, 0.25) is 0 Å². The second kappa shape index (κ2) is 10.5. The quantitative estimate of drug-likeness (QED) is 0.186. The van der Waals surface area contributed by atoms with Crippen molar-refractivity contribution in [2.45, 2.75) is 0 Å². The highest BCUT2D eigenvalue weighted by Gasteiger charge is 2.20. The Hall–Kier alpha value is -5.48. The van der Waals surface area contributed by atoms with Crippen molar-refractivity contribution in [1.82, 2.24) is 0 Å². The first-order valence-corrected chi connectivity index (χ1v) is 17.6. The molecule has 0 radical (unpaired) electrons. The Balaban J connectivity index is 1.18. The number of hydrogen-bond acceptors (Lipinski definition) is 3. The SMILES string of the molecule is c1ccc(N(c2ccc(-c3cccc4ccccc34)cc2)c2cccc3c2sc2ccc4c5ccc6ccccc6c5sc4c23)cc1. The smallest absolute Gasteiger partial charge is 0.0640 e. The van der Waals surface area contributed by atoms with E-state index in [-0.39, 0.29) is 0 Å². The zero-order chi connectivity index (χ0) is 30.9. The second-order valence-electron chi connectivity index (χ2n) is 12.1. The lowest BCUT2D eigenvalue weighted by Crippen LogP contribution is -2.09. The molecule has 47 heavy (non-hydrogen) atoms. The lowest BCUT2D eigenvalue weighted by atomic mass is 9.98. The van der Waals surface area contributed by atoms with Crippen LogP contribution in [0.25, 0.3) is 73.0 Å². The molecule has 0 atom stereocenters. The molecule has 0 unspecified atom stereocenters. The van der Waals surface area contributed by atoms with Gasteiger partial charge in [0.25, 0.3) is 0 Å². The number of para-hydroxylation sites is 1. The van der Waals surface area contributed by atoms with E-state index in [0.717, 1.165) is 11.4 Å². The molecule has 0 fully saturated rings. The molecule has 2 heterocycles. The van der Waals surface area contributed by atoms with Crippen molar-refractivity contribution in [3.8, 4) is 11.1 Å². The number of thiophene rings is 2. The van der Waals surface area contributed by atoms with E-state index in [1.807, 2.05) is 22.7 Å². The first-order chi connectivity index (χ1) is 23.3. The van der Waals surface area contributed by atoms with Gasteiger partial charge in [-0.1, -0.05) is 127 Å². The van der Waals surface area contributed by atoms with Crippen LogP contribution in [0.1, 0.15) is 0 Å². The fraction of sp³-hybridized carbons (Fsp3) is 0. The largest absolute Gasteiger partial charge is 0.309 e. The average molecular weight is 634 g/mol. The van der Waals surface area contributed by atoms with Crippen molar-refractivity contribution in [2.75, 3.05) is 4.90 Å². The van der Waals surface area contributed by atoms with Gasteiger partial charge in [-0.15, -0.1) is 22.7 Å². The Morgan fingerprint density at radius 3 is 1.85 bits per heavy atom. The summed E-state index contributed by atoms with van der Waals surface area (Å²) in [6.45, 7) is 0. The molecule has 2 aromatic heterocycles. The van der Waals surface area contributed by atoms with Crippen LogP contribution in [-0.4, -0.2) is 0 Å². The fourth-order valence-corrected chi connectivity index (χ4v) is 9.95. The second-order valence-corrected chi connectivity index (χ2v) is 14.2. The third-order valence-electron chi connectivity index (χ3n) is 9.45. The molecule has 0 saturated heterocycles. The van der Waals surface area contributed by atoms with E-state index in [0.29, 0.717) is 0 Å². The van der Waals surface area contributed by atoms with E-state index in [2.05, 4.69) is 169 Å². The molecule has 1 nitrogen and oxygen atoms in total. The Morgan fingerprint density at radius 2 is 1.00 bits per heavy atom. The monoisotopic (exact) mass is 633 g/mol. The highest BCUT2D eigenvalue weighted by Crippen LogP contribution is 2.49. The van der Waals surface area contributed by atoms with Crippen LogP contribution in [-0.2, 0) is 0 Å². The first-order valence-electron chi connectivity index (χ1n) is 15.9. The van der Waals surface area contributed by atoms with Crippen LogP contribution in [0, 0.1) is 0 Å². The summed E-state index contributed by atoms with van der Waals surface area (Å²) in [6, 6.07) is 59.8. The van der Waals surface area contributed by atoms with Gasteiger partial charge in [-0.2, -0.15) is 0 Å². The molecular weight excluding hydrogens is 607 g/mol. The number of rotatable bonds is 4. The van der Waals surface area contributed by atoms with Gasteiger partial charge in [-0.05, 0) is 69.1 Å². The van der Waals surface area contributed by atoms with Crippen LogP contribution in [0.15, 0.2) is 164 Å². The fourth-order valence-electron chi connectivity index (χ4n) is 7.28. The molecule has 0 aliphatic rings. The molecule has 8 aromatic carbocycles. The van der Waals surface area contributed by atoms with E-state index < -0.39 is 0 Å². The summed E-state index contributed by atoms with van der Waals surface area (Å²) in [5.74, 6) is 0. The Morgan fingerprint density at radius 1 is 0.362 bits per heavy atom. The molecule has 0 spiro atoms. The number of anilines is 3. The molecule has 0 saturated carbocycles. The van der Waals surface area contributed by atoms with E-state index in [4.69, 9.17) is 0 Å². The summed E-state index contributed by atoms with van der Waals surface area (Å²) in [4.78, 5) is 2.42. The zero-order valence-corrected chi connectivity index (χ0v) is 27.0. The molecule has 0 aliphatic heterocycles. The predicted octanol–water partition coefficient (Wildman–Crippen LogP) is 13.9. The highest BCUT2D eigenvalue weighted by molar-refractivity contribution is 7.30. The molecule has 0 bridgehead atoms. The van der Waals surface area contributed by atoms with Gasteiger partial charge in [-0.25, -0.2) is 0 Å². The number of fused-ring (bicyclic) bond motifs is 10. The molecule has 3 heteroatoms. The van der Waals surface area contributed by atoms with Crippen LogP contribution in [0.3, 0.4) is 0 Å². The van der Waals surface area contributed by atoms with Gasteiger partial charge in [0.2, 0.25) is 0 Å². The van der Waals surface area contributed by atoms with Gasteiger partial charge in [0.15, 0.2) is 0 Å². The third-order valence-corrected chi connectivity index (χ3v) is 11.9. The standard InChI is InChI=1S/C44H27NS2/c1-2-13-31(14-3-1)45(32-23-20-30(21-24-32)34-17-8-12-28-10-4-6-15-33(28)34)39-19-9-18-38-41-40(46-43(38)39)27-26-37-36-25-22-29-11-5-7-16-35(29)42(36)47-44(37)41/h1-27H. The van der Waals surface area contributed by atoms with Gasteiger partial charge >= 0.3 is 0 Å². The highest BCUT2D eigenvalue weighted by atomic mass is 32.1. The van der Waals surface area contributed by atoms with E-state index in [9.17, 15) is 0 Å². The number of nitrogens with zero attached hydrogens (tertiary/aromatic N) is 1. The van der Waals surface area contributed by atoms with Crippen LogP contribution < -0.4 is 4.90 Å². The van der Waals surface area contributed by atoms with Crippen molar-refractivity contribution in [1.29, 1.82) is 0 Å². The van der Waals surface area contributed by atoms with Gasteiger partial charge in [0.1, 0.15) is 0 Å². The Labute approximate surface area is 280 Å². The van der Waals surface area contributed by atoms with Crippen LogP contribution >= 0.6 is 22.7 Å². The molecule has 0 amide bonds. The summed E-state index contributed by atoms with van der Waals surface area (Å²) in [5, 5.41) is 10.5. The van der Waals surface area contributed by atoms with Gasteiger partial charge in [0, 0.05) is 47.0 Å². The van der Waals surface area contributed by atoms with Crippen LogP contribution in [0.4, 0.5) is 17.1 Å². The van der Waals surface area contributed by atoms with Crippen molar-refractivity contribution in [3.63, 3.8) is 0 Å². The maximum Gasteiger partial charge on any atom is 0.0640 e. The van der Waals surface area contributed by atoms with Crippen molar-refractivity contribution in [3.05, 3.63) is 164 Å². The molecular formula is C44H27NS2.